The van der Waals surface area contributed by atoms with Gasteiger partial charge in [-0.1, -0.05) is 6.92 Å². The average molecular weight is 367 g/mol. The number of halogens is 1. The van der Waals surface area contributed by atoms with E-state index in [1.165, 1.54) is 22.7 Å². The van der Waals surface area contributed by atoms with Crippen molar-refractivity contribution in [2.24, 2.45) is 0 Å². The van der Waals surface area contributed by atoms with Gasteiger partial charge in [0.1, 0.15) is 4.21 Å². The molecule has 1 N–H and O–H groups in total. The van der Waals surface area contributed by atoms with Crippen molar-refractivity contribution in [2.75, 3.05) is 4.72 Å². The standard InChI is InChI=1S/C10H11BrN2O2S3/c1-3-7-6(2)16-10(12-7)13-18(14,15)9-5-4-8(11)17-9/h4-5H,3H2,1-2H3,(H,12,13). The molecule has 8 heteroatoms. The fourth-order valence-corrected chi connectivity index (χ4v) is 5.55. The maximum atomic E-state index is 12.1. The van der Waals surface area contributed by atoms with E-state index >= 15 is 0 Å². The summed E-state index contributed by atoms with van der Waals surface area (Å²) in [5.41, 5.74) is 0.935. The van der Waals surface area contributed by atoms with Gasteiger partial charge in [0, 0.05) is 4.88 Å². The van der Waals surface area contributed by atoms with Crippen LogP contribution in [0.5, 0.6) is 0 Å². The third-order valence-electron chi connectivity index (χ3n) is 2.26. The molecule has 0 spiro atoms. The molecule has 4 nitrogen and oxygen atoms in total. The molecule has 0 aliphatic carbocycles. The number of thiazole rings is 1. The smallest absolute Gasteiger partial charge is 0.254 e. The molecule has 0 bridgehead atoms. The van der Waals surface area contributed by atoms with Gasteiger partial charge in [0.15, 0.2) is 5.13 Å². The van der Waals surface area contributed by atoms with Crippen LogP contribution in [0.2, 0.25) is 0 Å². The largest absolute Gasteiger partial charge is 0.273 e. The highest BCUT2D eigenvalue weighted by molar-refractivity contribution is 9.11. The number of nitrogens with one attached hydrogen (secondary N) is 1. The molecule has 2 rings (SSSR count). The third kappa shape index (κ3) is 2.93. The van der Waals surface area contributed by atoms with Crippen molar-refractivity contribution in [3.05, 3.63) is 26.5 Å². The van der Waals surface area contributed by atoms with Gasteiger partial charge in [-0.2, -0.15) is 0 Å². The Labute approximate surface area is 122 Å². The summed E-state index contributed by atoms with van der Waals surface area (Å²) in [7, 11) is -3.52. The molecule has 0 aliphatic heterocycles. The van der Waals surface area contributed by atoms with Crippen LogP contribution < -0.4 is 4.72 Å². The number of aryl methyl sites for hydroxylation is 2. The first-order valence-electron chi connectivity index (χ1n) is 5.17. The van der Waals surface area contributed by atoms with E-state index in [-0.39, 0.29) is 4.21 Å². The lowest BCUT2D eigenvalue weighted by Crippen LogP contribution is -2.11. The van der Waals surface area contributed by atoms with Crippen molar-refractivity contribution in [2.45, 2.75) is 24.5 Å². The second-order valence-corrected chi connectivity index (χ2v) is 9.11. The Morgan fingerprint density at radius 1 is 1.39 bits per heavy atom. The van der Waals surface area contributed by atoms with Gasteiger partial charge in [-0.05, 0) is 41.4 Å². The zero-order chi connectivity index (χ0) is 13.3. The Hall–Kier alpha value is -0.440. The first kappa shape index (κ1) is 14.0. The van der Waals surface area contributed by atoms with Gasteiger partial charge < -0.3 is 0 Å². The molecule has 0 atom stereocenters. The fourth-order valence-electron chi connectivity index (χ4n) is 1.41. The summed E-state index contributed by atoms with van der Waals surface area (Å²) in [4.78, 5) is 5.31. The molecule has 0 unspecified atom stereocenters. The van der Waals surface area contributed by atoms with E-state index in [0.717, 1.165) is 20.8 Å². The molecule has 0 radical (unpaired) electrons. The predicted molar refractivity (Wildman–Crippen MR) is 79.1 cm³/mol. The Kier molecular flexibility index (Phi) is 4.10. The highest BCUT2D eigenvalue weighted by atomic mass is 79.9. The summed E-state index contributed by atoms with van der Waals surface area (Å²) in [6, 6.07) is 3.28. The van der Waals surface area contributed by atoms with Crippen molar-refractivity contribution in [3.63, 3.8) is 0 Å². The number of aromatic nitrogens is 1. The molecule has 2 heterocycles. The summed E-state index contributed by atoms with van der Waals surface area (Å²) >= 11 is 5.78. The van der Waals surface area contributed by atoms with Crippen LogP contribution in [0.3, 0.4) is 0 Å². The first-order valence-corrected chi connectivity index (χ1v) is 9.07. The summed E-state index contributed by atoms with van der Waals surface area (Å²) in [5.74, 6) is 0. The molecule has 0 amide bonds. The number of anilines is 1. The Morgan fingerprint density at radius 3 is 2.61 bits per heavy atom. The van der Waals surface area contributed by atoms with Crippen LogP contribution >= 0.6 is 38.6 Å². The van der Waals surface area contributed by atoms with Crippen LogP contribution in [0.25, 0.3) is 0 Å². The highest BCUT2D eigenvalue weighted by Crippen LogP contribution is 2.29. The minimum Gasteiger partial charge on any atom is -0.254 e. The second-order valence-electron chi connectivity index (χ2n) is 3.54. The topological polar surface area (TPSA) is 59.1 Å². The van der Waals surface area contributed by atoms with Gasteiger partial charge >= 0.3 is 0 Å². The van der Waals surface area contributed by atoms with Gasteiger partial charge in [0.05, 0.1) is 9.48 Å². The summed E-state index contributed by atoms with van der Waals surface area (Å²) in [6.07, 6.45) is 0.800. The van der Waals surface area contributed by atoms with E-state index in [1.54, 1.807) is 12.1 Å². The van der Waals surface area contributed by atoms with Crippen LogP contribution in [-0.4, -0.2) is 13.4 Å². The number of hydrogen-bond donors (Lipinski definition) is 1. The Balaban J connectivity index is 2.27. The van der Waals surface area contributed by atoms with Crippen molar-refractivity contribution in [3.8, 4) is 0 Å². The zero-order valence-electron chi connectivity index (χ0n) is 9.73. The molecule has 0 aliphatic rings. The molecule has 2 aromatic heterocycles. The van der Waals surface area contributed by atoms with Crippen molar-refractivity contribution >= 4 is 53.8 Å². The number of thiophene rings is 1. The minimum atomic E-state index is -3.52. The van der Waals surface area contributed by atoms with Crippen molar-refractivity contribution in [1.29, 1.82) is 0 Å². The quantitative estimate of drug-likeness (QED) is 0.898. The van der Waals surface area contributed by atoms with Crippen LogP contribution in [0.1, 0.15) is 17.5 Å². The van der Waals surface area contributed by atoms with Gasteiger partial charge in [-0.25, -0.2) is 13.4 Å². The number of hydrogen-bond acceptors (Lipinski definition) is 5. The Bertz CT molecular complexity index is 660. The lowest BCUT2D eigenvalue weighted by molar-refractivity contribution is 0.603. The molecule has 98 valence electrons. The fraction of sp³-hybridized carbons (Fsp3) is 0.300. The van der Waals surface area contributed by atoms with Gasteiger partial charge in [-0.15, -0.1) is 22.7 Å². The van der Waals surface area contributed by atoms with E-state index in [2.05, 4.69) is 25.6 Å². The summed E-state index contributed by atoms with van der Waals surface area (Å²) in [6.45, 7) is 3.94. The monoisotopic (exact) mass is 366 g/mol. The van der Waals surface area contributed by atoms with Crippen LogP contribution in [0.15, 0.2) is 20.1 Å². The normalized spacial score (nSPS) is 11.7. The van der Waals surface area contributed by atoms with Crippen LogP contribution in [0.4, 0.5) is 5.13 Å². The van der Waals surface area contributed by atoms with E-state index in [0.29, 0.717) is 5.13 Å². The van der Waals surface area contributed by atoms with Gasteiger partial charge in [0.2, 0.25) is 0 Å². The second kappa shape index (κ2) is 5.28. The third-order valence-corrected chi connectivity index (χ3v) is 6.77. The van der Waals surface area contributed by atoms with Crippen molar-refractivity contribution in [1.82, 2.24) is 4.98 Å². The van der Waals surface area contributed by atoms with E-state index in [1.807, 2.05) is 13.8 Å². The van der Waals surface area contributed by atoms with E-state index in [9.17, 15) is 8.42 Å². The van der Waals surface area contributed by atoms with Crippen molar-refractivity contribution < 1.29 is 8.42 Å². The average Bonchev–Trinajstić information content (AvgIpc) is 2.84. The van der Waals surface area contributed by atoms with Gasteiger partial charge in [-0.3, -0.25) is 4.72 Å². The molecule has 18 heavy (non-hydrogen) atoms. The van der Waals surface area contributed by atoms with E-state index < -0.39 is 10.0 Å². The molecule has 0 aromatic carbocycles. The minimum absolute atomic E-state index is 0.278. The highest BCUT2D eigenvalue weighted by Gasteiger charge is 2.19. The zero-order valence-corrected chi connectivity index (χ0v) is 13.8. The number of nitrogens with zero attached hydrogens (tertiary/aromatic N) is 1. The summed E-state index contributed by atoms with van der Waals surface area (Å²) < 4.78 is 27.7. The number of sulfonamides is 1. The molecule has 2 aromatic rings. The Morgan fingerprint density at radius 2 is 2.11 bits per heavy atom. The van der Waals surface area contributed by atoms with Gasteiger partial charge in [0.25, 0.3) is 10.0 Å². The number of rotatable bonds is 4. The maximum absolute atomic E-state index is 12.1. The lowest BCUT2D eigenvalue weighted by atomic mass is 10.3. The molecule has 0 fully saturated rings. The van der Waals surface area contributed by atoms with E-state index in [4.69, 9.17) is 0 Å². The summed E-state index contributed by atoms with van der Waals surface area (Å²) in [5, 5.41) is 0.425. The van der Waals surface area contributed by atoms with Crippen LogP contribution in [0, 0.1) is 6.92 Å². The lowest BCUT2D eigenvalue weighted by Gasteiger charge is -2.01. The molecule has 0 saturated carbocycles. The molecular formula is C10H11BrN2O2S3. The SMILES string of the molecule is CCc1nc(NS(=O)(=O)c2ccc(Br)s2)sc1C. The first-order chi connectivity index (χ1) is 8.42. The molecule has 0 saturated heterocycles. The van der Waals surface area contributed by atoms with Crippen LogP contribution in [-0.2, 0) is 16.4 Å². The predicted octanol–water partition coefficient (Wildman–Crippen LogP) is 3.64. The molecular weight excluding hydrogens is 356 g/mol. The maximum Gasteiger partial charge on any atom is 0.273 e.